The predicted molar refractivity (Wildman–Crippen MR) is 131 cm³/mol. The van der Waals surface area contributed by atoms with E-state index in [0.29, 0.717) is 0 Å². The predicted octanol–water partition coefficient (Wildman–Crippen LogP) is 7.80. The quantitative estimate of drug-likeness (QED) is 0.325. The molecule has 2 aromatic carbocycles. The first kappa shape index (κ1) is 22.3. The average Bonchev–Trinajstić information content (AvgIpc) is 3.46. The van der Waals surface area contributed by atoms with E-state index in [9.17, 15) is 0 Å². The van der Waals surface area contributed by atoms with Crippen LogP contribution in [0.4, 0.5) is 0 Å². The van der Waals surface area contributed by atoms with Crippen molar-refractivity contribution >= 4 is 11.6 Å². The smallest absolute Gasteiger partial charge is 0.107 e. The summed E-state index contributed by atoms with van der Waals surface area (Å²) >= 11 is 0. The summed E-state index contributed by atoms with van der Waals surface area (Å²) in [5, 5.41) is 0. The molecule has 30 heavy (non-hydrogen) atoms. The van der Waals surface area contributed by atoms with Gasteiger partial charge in [0.25, 0.3) is 0 Å². The lowest BCUT2D eigenvalue weighted by molar-refractivity contribution is 0.370. The molecule has 1 saturated heterocycles. The van der Waals surface area contributed by atoms with Crippen LogP contribution in [0.3, 0.4) is 0 Å². The molecule has 0 aromatic heterocycles. The maximum Gasteiger partial charge on any atom is 0.107 e. The highest BCUT2D eigenvalue weighted by Gasteiger charge is 2.36. The Morgan fingerprint density at radius 3 is 2.17 bits per heavy atom. The molecular formula is C29H36O. The van der Waals surface area contributed by atoms with Crippen molar-refractivity contribution in [1.29, 1.82) is 0 Å². The standard InChI is InChI=1S/C29H36O/c1-8-11-21(4)27-15-14-26(19-23(27)6)29(9-2,10-3)25-13-12-24(22(5)18-25)16-17-28(7)20-30-28/h8,11-19H,1,9-10,20H2,2-7H3/b17-16+,21-11+. The van der Waals surface area contributed by atoms with Gasteiger partial charge >= 0.3 is 0 Å². The van der Waals surface area contributed by atoms with Gasteiger partial charge in [0.2, 0.25) is 0 Å². The molecule has 1 unspecified atom stereocenters. The number of epoxide rings is 1. The highest BCUT2D eigenvalue weighted by molar-refractivity contribution is 5.68. The summed E-state index contributed by atoms with van der Waals surface area (Å²) in [6.45, 7) is 18.0. The van der Waals surface area contributed by atoms with Gasteiger partial charge in [0, 0.05) is 5.41 Å². The Morgan fingerprint density at radius 1 is 1.07 bits per heavy atom. The van der Waals surface area contributed by atoms with Crippen LogP contribution in [0.5, 0.6) is 0 Å². The normalized spacial score (nSPS) is 19.3. The Balaban J connectivity index is 2.01. The number of rotatable bonds is 8. The first-order chi connectivity index (χ1) is 14.3. The zero-order valence-corrected chi connectivity index (χ0v) is 19.5. The SMILES string of the molecule is C=C/C=C(\C)c1ccc(C(CC)(CC)c2ccc(/C=C/C3(C)CO3)c(C)c2)cc1C. The van der Waals surface area contributed by atoms with Crippen LogP contribution in [-0.4, -0.2) is 12.2 Å². The Bertz CT molecular complexity index is 981. The molecule has 3 rings (SSSR count). The second-order valence-electron chi connectivity index (χ2n) is 8.91. The van der Waals surface area contributed by atoms with Gasteiger partial charge < -0.3 is 4.74 Å². The minimum atomic E-state index is -0.0564. The Kier molecular flexibility index (Phi) is 6.53. The Hall–Kier alpha value is -2.38. The van der Waals surface area contributed by atoms with Gasteiger partial charge in [-0.2, -0.15) is 0 Å². The second kappa shape index (κ2) is 8.78. The minimum Gasteiger partial charge on any atom is -0.365 e. The second-order valence-corrected chi connectivity index (χ2v) is 8.91. The molecule has 1 aliphatic heterocycles. The molecule has 0 N–H and O–H groups in total. The van der Waals surface area contributed by atoms with E-state index in [1.54, 1.807) is 0 Å². The van der Waals surface area contributed by atoms with Crippen LogP contribution < -0.4 is 0 Å². The largest absolute Gasteiger partial charge is 0.365 e. The van der Waals surface area contributed by atoms with Crippen LogP contribution in [0.15, 0.2) is 61.2 Å². The average molecular weight is 401 g/mol. The van der Waals surface area contributed by atoms with Crippen LogP contribution in [0.1, 0.15) is 73.9 Å². The fourth-order valence-corrected chi connectivity index (χ4v) is 4.54. The van der Waals surface area contributed by atoms with Crippen LogP contribution in [0.2, 0.25) is 0 Å². The molecule has 1 heteroatoms. The van der Waals surface area contributed by atoms with E-state index in [4.69, 9.17) is 4.74 Å². The van der Waals surface area contributed by atoms with Gasteiger partial charge in [0.05, 0.1) is 6.61 Å². The number of benzene rings is 2. The Labute approximate surface area is 183 Å². The summed E-state index contributed by atoms with van der Waals surface area (Å²) in [6.07, 6.45) is 10.5. The molecule has 2 aromatic rings. The number of allylic oxidation sites excluding steroid dienone is 3. The zero-order chi connectivity index (χ0) is 21.9. The van der Waals surface area contributed by atoms with E-state index in [0.717, 1.165) is 19.4 Å². The maximum atomic E-state index is 5.48. The van der Waals surface area contributed by atoms with E-state index in [-0.39, 0.29) is 11.0 Å². The molecule has 0 radical (unpaired) electrons. The first-order valence-electron chi connectivity index (χ1n) is 11.1. The van der Waals surface area contributed by atoms with Crippen molar-refractivity contribution in [2.75, 3.05) is 6.61 Å². The summed E-state index contributed by atoms with van der Waals surface area (Å²) in [7, 11) is 0. The van der Waals surface area contributed by atoms with Gasteiger partial charge in [0.1, 0.15) is 5.60 Å². The van der Waals surface area contributed by atoms with Gasteiger partial charge in [-0.05, 0) is 79.5 Å². The lowest BCUT2D eigenvalue weighted by Gasteiger charge is -2.34. The van der Waals surface area contributed by atoms with Crippen LogP contribution in [0, 0.1) is 13.8 Å². The monoisotopic (exact) mass is 400 g/mol. The topological polar surface area (TPSA) is 12.5 Å². The molecule has 0 spiro atoms. The van der Waals surface area contributed by atoms with E-state index in [2.05, 4.69) is 103 Å². The summed E-state index contributed by atoms with van der Waals surface area (Å²) in [6, 6.07) is 14.0. The van der Waals surface area contributed by atoms with Gasteiger partial charge in [-0.3, -0.25) is 0 Å². The molecule has 1 heterocycles. The lowest BCUT2D eigenvalue weighted by Crippen LogP contribution is -2.26. The summed E-state index contributed by atoms with van der Waals surface area (Å²) in [4.78, 5) is 0. The number of aryl methyl sites for hydroxylation is 2. The molecule has 0 aliphatic carbocycles. The van der Waals surface area contributed by atoms with Gasteiger partial charge in [0.15, 0.2) is 0 Å². The number of hydrogen-bond donors (Lipinski definition) is 0. The maximum absolute atomic E-state index is 5.48. The molecule has 158 valence electrons. The van der Waals surface area contributed by atoms with Crippen molar-refractivity contribution in [2.45, 2.75) is 65.4 Å². The van der Waals surface area contributed by atoms with E-state index < -0.39 is 0 Å². The molecular weight excluding hydrogens is 364 g/mol. The zero-order valence-electron chi connectivity index (χ0n) is 19.5. The van der Waals surface area contributed by atoms with Crippen LogP contribution in [-0.2, 0) is 10.2 Å². The van der Waals surface area contributed by atoms with Gasteiger partial charge in [-0.15, -0.1) is 0 Å². The fraction of sp³-hybridized carbons (Fsp3) is 0.379. The van der Waals surface area contributed by atoms with Crippen molar-refractivity contribution in [3.8, 4) is 0 Å². The molecule has 1 fully saturated rings. The summed E-state index contributed by atoms with van der Waals surface area (Å²) in [5.74, 6) is 0. The highest BCUT2D eigenvalue weighted by Crippen LogP contribution is 2.41. The minimum absolute atomic E-state index is 0.0257. The van der Waals surface area contributed by atoms with Gasteiger partial charge in [-0.25, -0.2) is 0 Å². The third-order valence-corrected chi connectivity index (χ3v) is 6.82. The molecule has 1 aliphatic rings. The molecule has 0 amide bonds. The molecule has 0 bridgehead atoms. The number of ether oxygens (including phenoxy) is 1. The van der Waals surface area contributed by atoms with Crippen molar-refractivity contribution in [1.82, 2.24) is 0 Å². The molecule has 1 nitrogen and oxygen atoms in total. The van der Waals surface area contributed by atoms with E-state index in [1.165, 1.54) is 39.0 Å². The molecule has 0 saturated carbocycles. The summed E-state index contributed by atoms with van der Waals surface area (Å²) in [5.41, 5.74) is 9.24. The van der Waals surface area contributed by atoms with Crippen LogP contribution in [0.25, 0.3) is 11.6 Å². The third kappa shape index (κ3) is 4.37. The first-order valence-corrected chi connectivity index (χ1v) is 11.1. The van der Waals surface area contributed by atoms with E-state index in [1.807, 2.05) is 6.08 Å². The highest BCUT2D eigenvalue weighted by atomic mass is 16.6. The van der Waals surface area contributed by atoms with Crippen molar-refractivity contribution in [3.63, 3.8) is 0 Å². The lowest BCUT2D eigenvalue weighted by atomic mass is 9.69. The van der Waals surface area contributed by atoms with Gasteiger partial charge in [-0.1, -0.05) is 81.1 Å². The van der Waals surface area contributed by atoms with Crippen LogP contribution >= 0.6 is 0 Å². The fourth-order valence-electron chi connectivity index (χ4n) is 4.54. The molecule has 1 atom stereocenters. The number of hydrogen-bond acceptors (Lipinski definition) is 1. The van der Waals surface area contributed by atoms with Crippen molar-refractivity contribution < 1.29 is 4.74 Å². The van der Waals surface area contributed by atoms with E-state index >= 15 is 0 Å². The Morgan fingerprint density at radius 2 is 1.67 bits per heavy atom. The third-order valence-electron chi connectivity index (χ3n) is 6.82. The summed E-state index contributed by atoms with van der Waals surface area (Å²) < 4.78 is 5.48. The van der Waals surface area contributed by atoms with Crippen molar-refractivity contribution in [2.24, 2.45) is 0 Å². The van der Waals surface area contributed by atoms with Crippen molar-refractivity contribution in [3.05, 3.63) is 94.6 Å².